The molecule has 1 aromatic carbocycles. The van der Waals surface area contributed by atoms with Gasteiger partial charge in [0.15, 0.2) is 0 Å². The third-order valence-electron chi connectivity index (χ3n) is 3.49. The second-order valence-corrected chi connectivity index (χ2v) is 5.32. The van der Waals surface area contributed by atoms with E-state index in [2.05, 4.69) is 38.1 Å². The van der Waals surface area contributed by atoms with Crippen LogP contribution in [0.4, 0.5) is 0 Å². The van der Waals surface area contributed by atoms with Crippen molar-refractivity contribution in [1.82, 2.24) is 0 Å². The van der Waals surface area contributed by atoms with Gasteiger partial charge in [-0.05, 0) is 48.3 Å². The highest BCUT2D eigenvalue weighted by molar-refractivity contribution is 5.33. The van der Waals surface area contributed by atoms with Crippen molar-refractivity contribution in [1.29, 1.82) is 0 Å². The first kappa shape index (κ1) is 10.7. The molecule has 2 N–H and O–H groups in total. The predicted molar refractivity (Wildman–Crippen MR) is 65.1 cm³/mol. The van der Waals surface area contributed by atoms with Gasteiger partial charge in [-0.25, -0.2) is 0 Å². The molecule has 1 aromatic rings. The molecule has 0 spiro atoms. The predicted octanol–water partition coefficient (Wildman–Crippen LogP) is 3.19. The summed E-state index contributed by atoms with van der Waals surface area (Å²) in [6.07, 6.45) is 3.81. The Kier molecular flexibility index (Phi) is 2.83. The van der Waals surface area contributed by atoms with Crippen LogP contribution < -0.4 is 5.73 Å². The Balaban J connectivity index is 2.23. The topological polar surface area (TPSA) is 26.0 Å². The molecule has 0 aliphatic heterocycles. The molecule has 0 atom stereocenters. The van der Waals surface area contributed by atoms with Crippen molar-refractivity contribution in [2.45, 2.75) is 44.4 Å². The Morgan fingerprint density at radius 1 is 1.33 bits per heavy atom. The van der Waals surface area contributed by atoms with Crippen LogP contribution in [-0.2, 0) is 5.41 Å². The maximum Gasteiger partial charge on any atom is -0.00690 e. The zero-order chi connectivity index (χ0) is 10.9. The summed E-state index contributed by atoms with van der Waals surface area (Å²) in [4.78, 5) is 0. The molecule has 0 aromatic heterocycles. The van der Waals surface area contributed by atoms with Gasteiger partial charge < -0.3 is 5.73 Å². The second-order valence-electron chi connectivity index (χ2n) is 5.32. The zero-order valence-corrected chi connectivity index (χ0v) is 9.79. The highest BCUT2D eigenvalue weighted by atomic mass is 14.5. The van der Waals surface area contributed by atoms with Crippen LogP contribution >= 0.6 is 0 Å². The van der Waals surface area contributed by atoms with E-state index in [-0.39, 0.29) is 5.41 Å². The largest absolute Gasteiger partial charge is 0.330 e. The Hall–Kier alpha value is -0.820. The van der Waals surface area contributed by atoms with Gasteiger partial charge in [0, 0.05) is 0 Å². The molecule has 15 heavy (non-hydrogen) atoms. The first-order chi connectivity index (χ1) is 7.13. The van der Waals surface area contributed by atoms with Gasteiger partial charge in [0.2, 0.25) is 0 Å². The highest BCUT2D eigenvalue weighted by Gasteiger charge is 2.25. The minimum Gasteiger partial charge on any atom is -0.330 e. The van der Waals surface area contributed by atoms with Gasteiger partial charge in [-0.3, -0.25) is 0 Å². The van der Waals surface area contributed by atoms with Crippen LogP contribution in [0.1, 0.15) is 50.2 Å². The second kappa shape index (κ2) is 3.97. The molecular formula is C14H21N. The normalized spacial score (nSPS) is 16.7. The Morgan fingerprint density at radius 3 is 2.67 bits per heavy atom. The van der Waals surface area contributed by atoms with Crippen molar-refractivity contribution < 1.29 is 0 Å². The SMILES string of the molecule is CC(C)(CCN)c1cccc(C2CC2)c1. The molecule has 82 valence electrons. The summed E-state index contributed by atoms with van der Waals surface area (Å²) >= 11 is 0. The fourth-order valence-corrected chi connectivity index (χ4v) is 2.14. The summed E-state index contributed by atoms with van der Waals surface area (Å²) < 4.78 is 0. The van der Waals surface area contributed by atoms with Crippen molar-refractivity contribution in [3.8, 4) is 0 Å². The van der Waals surface area contributed by atoms with Crippen LogP contribution in [0, 0.1) is 0 Å². The molecular weight excluding hydrogens is 182 g/mol. The van der Waals surface area contributed by atoms with Crippen LogP contribution in [-0.4, -0.2) is 6.54 Å². The third-order valence-corrected chi connectivity index (χ3v) is 3.49. The fourth-order valence-electron chi connectivity index (χ4n) is 2.14. The number of hydrogen-bond donors (Lipinski definition) is 1. The van der Waals surface area contributed by atoms with Gasteiger partial charge in [0.05, 0.1) is 0 Å². The first-order valence-corrected chi connectivity index (χ1v) is 5.94. The van der Waals surface area contributed by atoms with Gasteiger partial charge in [-0.2, -0.15) is 0 Å². The standard InChI is InChI=1S/C14H21N/c1-14(2,8-9-15)13-5-3-4-12(10-13)11-6-7-11/h3-5,10-11H,6-9,15H2,1-2H3. The quantitative estimate of drug-likeness (QED) is 0.799. The molecule has 1 nitrogen and oxygen atoms in total. The monoisotopic (exact) mass is 203 g/mol. The van der Waals surface area contributed by atoms with Crippen LogP contribution in [0.2, 0.25) is 0 Å². The van der Waals surface area contributed by atoms with Crippen molar-refractivity contribution in [3.63, 3.8) is 0 Å². The summed E-state index contributed by atoms with van der Waals surface area (Å²) in [5, 5.41) is 0. The van der Waals surface area contributed by atoms with Gasteiger partial charge >= 0.3 is 0 Å². The van der Waals surface area contributed by atoms with Crippen LogP contribution in [0.25, 0.3) is 0 Å². The van der Waals surface area contributed by atoms with Crippen molar-refractivity contribution in [3.05, 3.63) is 35.4 Å². The zero-order valence-electron chi connectivity index (χ0n) is 9.79. The van der Waals surface area contributed by atoms with E-state index in [0.717, 1.165) is 18.9 Å². The lowest BCUT2D eigenvalue weighted by molar-refractivity contribution is 0.487. The highest BCUT2D eigenvalue weighted by Crippen LogP contribution is 2.41. The maximum absolute atomic E-state index is 5.66. The Labute approximate surface area is 92.7 Å². The lowest BCUT2D eigenvalue weighted by Gasteiger charge is -2.25. The maximum atomic E-state index is 5.66. The number of nitrogens with two attached hydrogens (primary N) is 1. The summed E-state index contributed by atoms with van der Waals surface area (Å²) in [6, 6.07) is 9.08. The van der Waals surface area contributed by atoms with Gasteiger partial charge in [-0.15, -0.1) is 0 Å². The molecule has 0 unspecified atom stereocenters. The van der Waals surface area contributed by atoms with E-state index in [1.807, 2.05) is 0 Å². The molecule has 1 aliphatic carbocycles. The Morgan fingerprint density at radius 2 is 2.07 bits per heavy atom. The van der Waals surface area contributed by atoms with Crippen LogP contribution in [0.15, 0.2) is 24.3 Å². The molecule has 1 saturated carbocycles. The van der Waals surface area contributed by atoms with E-state index in [1.165, 1.54) is 24.0 Å². The molecule has 1 heteroatoms. The minimum absolute atomic E-state index is 0.222. The lowest BCUT2D eigenvalue weighted by atomic mass is 9.81. The van der Waals surface area contributed by atoms with Crippen LogP contribution in [0.3, 0.4) is 0 Å². The van der Waals surface area contributed by atoms with E-state index >= 15 is 0 Å². The number of benzene rings is 1. The molecule has 0 radical (unpaired) electrons. The van der Waals surface area contributed by atoms with E-state index in [9.17, 15) is 0 Å². The molecule has 2 rings (SSSR count). The third kappa shape index (κ3) is 2.40. The van der Waals surface area contributed by atoms with E-state index in [1.54, 1.807) is 0 Å². The minimum atomic E-state index is 0.222. The number of hydrogen-bond acceptors (Lipinski definition) is 1. The molecule has 0 heterocycles. The van der Waals surface area contributed by atoms with Crippen molar-refractivity contribution >= 4 is 0 Å². The summed E-state index contributed by atoms with van der Waals surface area (Å²) in [5.41, 5.74) is 8.85. The summed E-state index contributed by atoms with van der Waals surface area (Å²) in [6.45, 7) is 5.33. The summed E-state index contributed by atoms with van der Waals surface area (Å²) in [7, 11) is 0. The number of rotatable bonds is 4. The lowest BCUT2D eigenvalue weighted by Crippen LogP contribution is -2.21. The summed E-state index contributed by atoms with van der Waals surface area (Å²) in [5.74, 6) is 0.846. The van der Waals surface area contributed by atoms with Crippen LogP contribution in [0.5, 0.6) is 0 Å². The van der Waals surface area contributed by atoms with Gasteiger partial charge in [-0.1, -0.05) is 38.1 Å². The van der Waals surface area contributed by atoms with E-state index in [4.69, 9.17) is 5.73 Å². The molecule has 0 saturated heterocycles. The molecule has 0 bridgehead atoms. The van der Waals surface area contributed by atoms with Crippen molar-refractivity contribution in [2.24, 2.45) is 5.73 Å². The van der Waals surface area contributed by atoms with Gasteiger partial charge in [0.1, 0.15) is 0 Å². The molecule has 0 amide bonds. The molecule has 1 aliphatic rings. The Bertz CT molecular complexity index is 337. The van der Waals surface area contributed by atoms with Crippen molar-refractivity contribution in [2.75, 3.05) is 6.54 Å². The average molecular weight is 203 g/mol. The van der Waals surface area contributed by atoms with Gasteiger partial charge in [0.25, 0.3) is 0 Å². The average Bonchev–Trinajstić information content (AvgIpc) is 3.01. The first-order valence-electron chi connectivity index (χ1n) is 5.94. The smallest absolute Gasteiger partial charge is 0.00690 e. The fraction of sp³-hybridized carbons (Fsp3) is 0.571. The van der Waals surface area contributed by atoms with E-state index in [0.29, 0.717) is 0 Å². The molecule has 1 fully saturated rings. The van der Waals surface area contributed by atoms with E-state index < -0.39 is 0 Å².